The van der Waals surface area contributed by atoms with Gasteiger partial charge in [0.05, 0.1) is 22.2 Å². The van der Waals surface area contributed by atoms with Crippen molar-refractivity contribution in [1.29, 1.82) is 0 Å². The molecular weight excluding hydrogens is 336 g/mol. The van der Waals surface area contributed by atoms with E-state index in [-0.39, 0.29) is 5.69 Å². The summed E-state index contributed by atoms with van der Waals surface area (Å²) in [5.41, 5.74) is 1.60. The van der Waals surface area contributed by atoms with E-state index in [0.717, 1.165) is 15.6 Å². The first kappa shape index (κ1) is 15.4. The lowest BCUT2D eigenvalue weighted by atomic mass is 10.2. The van der Waals surface area contributed by atoms with Gasteiger partial charge >= 0.3 is 0 Å². The van der Waals surface area contributed by atoms with Crippen LogP contribution < -0.4 is 5.32 Å². The molecule has 1 aromatic heterocycles. The number of hydrogen-bond donors (Lipinski definition) is 1. The van der Waals surface area contributed by atoms with Crippen molar-refractivity contribution in [2.45, 2.75) is 6.54 Å². The zero-order valence-corrected chi connectivity index (χ0v) is 13.3. The van der Waals surface area contributed by atoms with Crippen LogP contribution in [-0.2, 0) is 6.54 Å². The smallest absolute Gasteiger partial charge is 0.271 e. The van der Waals surface area contributed by atoms with Gasteiger partial charge in [-0.1, -0.05) is 53.3 Å². The molecule has 2 aromatic carbocycles. The van der Waals surface area contributed by atoms with Crippen molar-refractivity contribution >= 4 is 34.3 Å². The molecule has 23 heavy (non-hydrogen) atoms. The molecule has 0 aliphatic heterocycles. The summed E-state index contributed by atoms with van der Waals surface area (Å²) < 4.78 is 0. The van der Waals surface area contributed by atoms with E-state index in [1.807, 2.05) is 30.3 Å². The highest BCUT2D eigenvalue weighted by atomic mass is 35.5. The van der Waals surface area contributed by atoms with Crippen molar-refractivity contribution in [2.75, 3.05) is 5.32 Å². The predicted molar refractivity (Wildman–Crippen MR) is 90.8 cm³/mol. The van der Waals surface area contributed by atoms with Gasteiger partial charge in [0.15, 0.2) is 0 Å². The number of non-ortho nitro benzene ring substituents is 1. The number of benzene rings is 2. The number of nitrogens with one attached hydrogen (secondary N) is 1. The Labute approximate surface area is 140 Å². The zero-order chi connectivity index (χ0) is 16.2. The second kappa shape index (κ2) is 6.72. The number of halogens is 1. The van der Waals surface area contributed by atoms with Crippen LogP contribution in [-0.4, -0.2) is 15.1 Å². The van der Waals surface area contributed by atoms with Gasteiger partial charge in [0.25, 0.3) is 5.69 Å². The third kappa shape index (κ3) is 3.64. The quantitative estimate of drug-likeness (QED) is 0.547. The summed E-state index contributed by atoms with van der Waals surface area (Å²) in [4.78, 5) is 10.2. The second-order valence-electron chi connectivity index (χ2n) is 4.64. The van der Waals surface area contributed by atoms with Crippen molar-refractivity contribution in [3.63, 3.8) is 0 Å². The van der Waals surface area contributed by atoms with E-state index in [4.69, 9.17) is 11.6 Å². The van der Waals surface area contributed by atoms with Crippen LogP contribution in [0.25, 0.3) is 10.6 Å². The van der Waals surface area contributed by atoms with Crippen molar-refractivity contribution in [3.8, 4) is 10.6 Å². The van der Waals surface area contributed by atoms with Crippen molar-refractivity contribution in [2.24, 2.45) is 0 Å². The molecule has 0 bridgehead atoms. The van der Waals surface area contributed by atoms with Crippen LogP contribution >= 0.6 is 22.9 Å². The van der Waals surface area contributed by atoms with Gasteiger partial charge in [-0.15, -0.1) is 10.2 Å². The Morgan fingerprint density at radius 1 is 1.17 bits per heavy atom. The summed E-state index contributed by atoms with van der Waals surface area (Å²) in [6.07, 6.45) is 0. The molecule has 8 heteroatoms. The summed E-state index contributed by atoms with van der Waals surface area (Å²) in [5, 5.41) is 24.1. The van der Waals surface area contributed by atoms with E-state index < -0.39 is 4.92 Å². The highest BCUT2D eigenvalue weighted by Gasteiger charge is 2.10. The molecule has 0 fully saturated rings. The normalized spacial score (nSPS) is 10.5. The third-order valence-corrected chi connectivity index (χ3v) is 4.37. The van der Waals surface area contributed by atoms with E-state index >= 15 is 0 Å². The number of aromatic nitrogens is 2. The van der Waals surface area contributed by atoms with Gasteiger partial charge in [-0.2, -0.15) is 0 Å². The fourth-order valence-electron chi connectivity index (χ4n) is 1.95. The van der Waals surface area contributed by atoms with Gasteiger partial charge in [0, 0.05) is 17.7 Å². The van der Waals surface area contributed by atoms with Crippen LogP contribution in [0.15, 0.2) is 48.5 Å². The number of rotatable bonds is 5. The first-order valence-electron chi connectivity index (χ1n) is 6.69. The molecule has 0 spiro atoms. The molecule has 3 aromatic rings. The molecule has 1 N–H and O–H groups in total. The topological polar surface area (TPSA) is 81.0 Å². The summed E-state index contributed by atoms with van der Waals surface area (Å²) in [6.45, 7) is 0.446. The number of nitrogens with zero attached hydrogens (tertiary/aromatic N) is 3. The maximum Gasteiger partial charge on any atom is 0.271 e. The van der Waals surface area contributed by atoms with Crippen LogP contribution in [0.1, 0.15) is 5.01 Å². The molecule has 0 amide bonds. The summed E-state index contributed by atoms with van der Waals surface area (Å²) in [6, 6.07) is 14.1. The Balaban J connectivity index is 1.70. The second-order valence-corrected chi connectivity index (χ2v) is 6.11. The standard InChI is InChI=1S/C15H11ClN4O2S/c16-12-8-11(20(21)22)6-7-13(12)17-9-14-18-19-15(23-14)10-4-2-1-3-5-10/h1-8,17H,9H2. The highest BCUT2D eigenvalue weighted by molar-refractivity contribution is 7.14. The Bertz CT molecular complexity index is 839. The zero-order valence-electron chi connectivity index (χ0n) is 11.8. The molecule has 6 nitrogen and oxygen atoms in total. The largest absolute Gasteiger partial charge is 0.377 e. The molecule has 1 heterocycles. The fraction of sp³-hybridized carbons (Fsp3) is 0.0667. The lowest BCUT2D eigenvalue weighted by molar-refractivity contribution is -0.384. The Morgan fingerprint density at radius 3 is 2.65 bits per heavy atom. The molecular formula is C15H11ClN4O2S. The van der Waals surface area contributed by atoms with Gasteiger partial charge in [0.1, 0.15) is 10.0 Å². The van der Waals surface area contributed by atoms with E-state index in [1.54, 1.807) is 6.07 Å². The first-order valence-corrected chi connectivity index (χ1v) is 7.88. The van der Waals surface area contributed by atoms with Crippen LogP contribution in [0.3, 0.4) is 0 Å². The van der Waals surface area contributed by atoms with Gasteiger partial charge in [0.2, 0.25) is 0 Å². The Kier molecular flexibility index (Phi) is 4.50. The maximum absolute atomic E-state index is 10.7. The summed E-state index contributed by atoms with van der Waals surface area (Å²) >= 11 is 7.52. The predicted octanol–water partition coefficient (Wildman–Crippen LogP) is 4.38. The van der Waals surface area contributed by atoms with Crippen molar-refractivity contribution in [1.82, 2.24) is 10.2 Å². The molecule has 116 valence electrons. The average Bonchev–Trinajstić information content (AvgIpc) is 3.03. The minimum atomic E-state index is -0.480. The SMILES string of the molecule is O=[N+]([O-])c1ccc(NCc2nnc(-c3ccccc3)s2)c(Cl)c1. The maximum atomic E-state index is 10.7. The monoisotopic (exact) mass is 346 g/mol. The minimum absolute atomic E-state index is 0.0390. The molecule has 0 saturated carbocycles. The third-order valence-electron chi connectivity index (χ3n) is 3.08. The average molecular weight is 347 g/mol. The van der Waals surface area contributed by atoms with Crippen molar-refractivity contribution < 1.29 is 4.92 Å². The van der Waals surface area contributed by atoms with Gasteiger partial charge in [-0.3, -0.25) is 10.1 Å². The summed E-state index contributed by atoms with van der Waals surface area (Å²) in [7, 11) is 0. The first-order chi connectivity index (χ1) is 11.1. The van der Waals surface area contributed by atoms with Gasteiger partial charge < -0.3 is 5.32 Å². The molecule has 0 saturated heterocycles. The number of nitro benzene ring substituents is 1. The summed E-state index contributed by atoms with van der Waals surface area (Å²) in [5.74, 6) is 0. The highest BCUT2D eigenvalue weighted by Crippen LogP contribution is 2.28. The molecule has 0 radical (unpaired) electrons. The number of nitro groups is 1. The Hall–Kier alpha value is -2.51. The van der Waals surface area contributed by atoms with E-state index in [2.05, 4.69) is 15.5 Å². The Morgan fingerprint density at radius 2 is 1.96 bits per heavy atom. The van der Waals surface area contributed by atoms with Gasteiger partial charge in [-0.05, 0) is 6.07 Å². The number of anilines is 1. The lowest BCUT2D eigenvalue weighted by Crippen LogP contribution is -2.00. The van der Waals surface area contributed by atoms with Crippen LogP contribution in [0.4, 0.5) is 11.4 Å². The molecule has 0 atom stereocenters. The molecule has 0 aliphatic rings. The molecule has 3 rings (SSSR count). The van der Waals surface area contributed by atoms with Crippen molar-refractivity contribution in [3.05, 3.63) is 68.7 Å². The van der Waals surface area contributed by atoms with E-state index in [9.17, 15) is 10.1 Å². The fourth-order valence-corrected chi connectivity index (χ4v) is 2.98. The van der Waals surface area contributed by atoms with Crippen LogP contribution in [0, 0.1) is 10.1 Å². The number of hydrogen-bond acceptors (Lipinski definition) is 6. The van der Waals surface area contributed by atoms with E-state index in [0.29, 0.717) is 17.3 Å². The van der Waals surface area contributed by atoms with Gasteiger partial charge in [-0.25, -0.2) is 0 Å². The minimum Gasteiger partial charge on any atom is -0.377 e. The lowest BCUT2D eigenvalue weighted by Gasteiger charge is -2.05. The van der Waals surface area contributed by atoms with E-state index in [1.165, 1.54) is 23.5 Å². The van der Waals surface area contributed by atoms with Crippen LogP contribution in [0.2, 0.25) is 5.02 Å². The molecule has 0 aliphatic carbocycles. The van der Waals surface area contributed by atoms with Crippen LogP contribution in [0.5, 0.6) is 0 Å². The molecule has 0 unspecified atom stereocenters.